The maximum Gasteiger partial charge on any atom is 0.251 e. The zero-order valence-electron chi connectivity index (χ0n) is 13.9. The van der Waals surface area contributed by atoms with Crippen molar-refractivity contribution in [3.63, 3.8) is 0 Å². The average Bonchev–Trinajstić information content (AvgIpc) is 2.46. The van der Waals surface area contributed by atoms with Crippen LogP contribution in [0.25, 0.3) is 0 Å². The summed E-state index contributed by atoms with van der Waals surface area (Å²) in [5, 5.41) is 6.09. The van der Waals surface area contributed by atoms with E-state index in [0.29, 0.717) is 17.6 Å². The lowest BCUT2D eigenvalue weighted by molar-refractivity contribution is 0.0963. The quantitative estimate of drug-likeness (QED) is 0.722. The lowest BCUT2D eigenvalue weighted by atomic mass is 10.1. The van der Waals surface area contributed by atoms with Gasteiger partial charge < -0.3 is 10.6 Å². The molecule has 0 aromatic heterocycles. The third-order valence-corrected chi connectivity index (χ3v) is 3.65. The van der Waals surface area contributed by atoms with E-state index in [-0.39, 0.29) is 5.91 Å². The van der Waals surface area contributed by atoms with Gasteiger partial charge in [0.25, 0.3) is 5.91 Å². The standard InChI is InChI=1S/C17H29N3O/c1-13(2)20(14(3)4)11-10-19-12-15-6-8-16(9-7-15)17(21)18-5/h6-9,13-14,19H,10-12H2,1-5H3,(H,18,21). The molecule has 0 fully saturated rings. The fraction of sp³-hybridized carbons (Fsp3) is 0.588. The fourth-order valence-corrected chi connectivity index (χ4v) is 2.47. The molecule has 0 aliphatic carbocycles. The van der Waals surface area contributed by atoms with Gasteiger partial charge in [0.1, 0.15) is 0 Å². The Kier molecular flexibility index (Phi) is 7.40. The van der Waals surface area contributed by atoms with Gasteiger partial charge in [-0.1, -0.05) is 12.1 Å². The highest BCUT2D eigenvalue weighted by atomic mass is 16.1. The topological polar surface area (TPSA) is 44.4 Å². The van der Waals surface area contributed by atoms with E-state index in [9.17, 15) is 4.79 Å². The van der Waals surface area contributed by atoms with Crippen LogP contribution >= 0.6 is 0 Å². The van der Waals surface area contributed by atoms with Crippen LogP contribution in [0.1, 0.15) is 43.6 Å². The molecule has 1 amide bonds. The Morgan fingerprint density at radius 3 is 2.14 bits per heavy atom. The molecule has 0 unspecified atom stereocenters. The number of amides is 1. The molecule has 1 rings (SSSR count). The third kappa shape index (κ3) is 5.86. The summed E-state index contributed by atoms with van der Waals surface area (Å²) in [7, 11) is 1.65. The van der Waals surface area contributed by atoms with Gasteiger partial charge in [-0.3, -0.25) is 9.69 Å². The second kappa shape index (κ2) is 8.80. The number of nitrogens with one attached hydrogen (secondary N) is 2. The van der Waals surface area contributed by atoms with Crippen molar-refractivity contribution in [1.82, 2.24) is 15.5 Å². The second-order valence-electron chi connectivity index (χ2n) is 5.88. The van der Waals surface area contributed by atoms with Crippen LogP contribution in [0.15, 0.2) is 24.3 Å². The van der Waals surface area contributed by atoms with E-state index in [1.165, 1.54) is 5.56 Å². The molecule has 4 nitrogen and oxygen atoms in total. The molecule has 0 spiro atoms. The Balaban J connectivity index is 2.37. The van der Waals surface area contributed by atoms with Crippen LogP contribution in [-0.4, -0.2) is 43.0 Å². The summed E-state index contributed by atoms with van der Waals surface area (Å²) in [6.07, 6.45) is 0. The van der Waals surface area contributed by atoms with Crippen molar-refractivity contribution in [3.8, 4) is 0 Å². The Labute approximate surface area is 128 Å². The van der Waals surface area contributed by atoms with Crippen molar-refractivity contribution in [2.45, 2.75) is 46.3 Å². The SMILES string of the molecule is CNC(=O)c1ccc(CNCCN(C(C)C)C(C)C)cc1. The van der Waals surface area contributed by atoms with Crippen LogP contribution in [-0.2, 0) is 6.54 Å². The number of rotatable bonds is 8. The van der Waals surface area contributed by atoms with Crippen molar-refractivity contribution in [3.05, 3.63) is 35.4 Å². The highest BCUT2D eigenvalue weighted by Gasteiger charge is 2.12. The van der Waals surface area contributed by atoms with E-state index in [2.05, 4.69) is 43.2 Å². The minimum absolute atomic E-state index is 0.0426. The number of carbonyl (C=O) groups excluding carboxylic acids is 1. The molecule has 0 atom stereocenters. The van der Waals surface area contributed by atoms with Crippen LogP contribution in [0.4, 0.5) is 0 Å². The average molecular weight is 291 g/mol. The van der Waals surface area contributed by atoms with Crippen molar-refractivity contribution in [1.29, 1.82) is 0 Å². The van der Waals surface area contributed by atoms with Crippen LogP contribution in [0, 0.1) is 0 Å². The molecule has 0 saturated heterocycles. The predicted octanol–water partition coefficient (Wildman–Crippen LogP) is 2.25. The van der Waals surface area contributed by atoms with Crippen LogP contribution in [0.3, 0.4) is 0 Å². The maximum atomic E-state index is 11.5. The highest BCUT2D eigenvalue weighted by Crippen LogP contribution is 2.05. The molecule has 0 radical (unpaired) electrons. The van der Waals surface area contributed by atoms with Crippen molar-refractivity contribution >= 4 is 5.91 Å². The van der Waals surface area contributed by atoms with Crippen LogP contribution in [0.5, 0.6) is 0 Å². The summed E-state index contributed by atoms with van der Waals surface area (Å²) >= 11 is 0. The Morgan fingerprint density at radius 1 is 1.10 bits per heavy atom. The number of nitrogens with zero attached hydrogens (tertiary/aromatic N) is 1. The third-order valence-electron chi connectivity index (χ3n) is 3.65. The lowest BCUT2D eigenvalue weighted by Crippen LogP contribution is -2.41. The molecule has 0 bridgehead atoms. The van der Waals surface area contributed by atoms with E-state index >= 15 is 0 Å². The molecule has 1 aromatic rings. The van der Waals surface area contributed by atoms with Gasteiger partial charge in [0, 0.05) is 44.3 Å². The molecule has 1 aromatic carbocycles. The zero-order valence-corrected chi connectivity index (χ0v) is 13.9. The van der Waals surface area contributed by atoms with Crippen molar-refractivity contribution in [2.24, 2.45) is 0 Å². The molecular weight excluding hydrogens is 262 g/mol. The van der Waals surface area contributed by atoms with Crippen molar-refractivity contribution in [2.75, 3.05) is 20.1 Å². The summed E-state index contributed by atoms with van der Waals surface area (Å²) in [6, 6.07) is 8.87. The van der Waals surface area contributed by atoms with E-state index in [1.807, 2.05) is 24.3 Å². The minimum atomic E-state index is -0.0426. The monoisotopic (exact) mass is 291 g/mol. The smallest absolute Gasteiger partial charge is 0.251 e. The number of carbonyl (C=O) groups is 1. The van der Waals surface area contributed by atoms with E-state index in [1.54, 1.807) is 7.05 Å². The predicted molar refractivity (Wildman–Crippen MR) is 88.5 cm³/mol. The first-order chi connectivity index (χ1) is 9.95. The summed E-state index contributed by atoms with van der Waals surface area (Å²) in [5.41, 5.74) is 1.90. The largest absolute Gasteiger partial charge is 0.355 e. The Hall–Kier alpha value is -1.39. The number of hydrogen-bond donors (Lipinski definition) is 2. The first-order valence-corrected chi connectivity index (χ1v) is 7.73. The normalized spacial score (nSPS) is 11.4. The van der Waals surface area contributed by atoms with Gasteiger partial charge in [-0.2, -0.15) is 0 Å². The van der Waals surface area contributed by atoms with E-state index in [4.69, 9.17) is 0 Å². The van der Waals surface area contributed by atoms with Gasteiger partial charge in [-0.25, -0.2) is 0 Å². The van der Waals surface area contributed by atoms with Gasteiger partial charge >= 0.3 is 0 Å². The molecule has 0 aliphatic heterocycles. The highest BCUT2D eigenvalue weighted by molar-refractivity contribution is 5.93. The van der Waals surface area contributed by atoms with Crippen LogP contribution in [0.2, 0.25) is 0 Å². The number of hydrogen-bond acceptors (Lipinski definition) is 3. The summed E-state index contributed by atoms with van der Waals surface area (Å²) in [6.45, 7) is 11.8. The molecule has 118 valence electrons. The molecule has 4 heteroatoms. The number of benzene rings is 1. The summed E-state index contributed by atoms with van der Waals surface area (Å²) in [4.78, 5) is 13.9. The maximum absolute atomic E-state index is 11.5. The van der Waals surface area contributed by atoms with Gasteiger partial charge in [0.05, 0.1) is 0 Å². The molecule has 2 N–H and O–H groups in total. The van der Waals surface area contributed by atoms with Gasteiger partial charge in [-0.05, 0) is 45.4 Å². The first-order valence-electron chi connectivity index (χ1n) is 7.73. The zero-order chi connectivity index (χ0) is 15.8. The first kappa shape index (κ1) is 17.7. The Morgan fingerprint density at radius 2 is 1.67 bits per heavy atom. The Bertz CT molecular complexity index is 418. The van der Waals surface area contributed by atoms with E-state index < -0.39 is 0 Å². The second-order valence-corrected chi connectivity index (χ2v) is 5.88. The van der Waals surface area contributed by atoms with Crippen LogP contribution < -0.4 is 10.6 Å². The summed E-state index contributed by atoms with van der Waals surface area (Å²) < 4.78 is 0. The molecule has 21 heavy (non-hydrogen) atoms. The lowest BCUT2D eigenvalue weighted by Gasteiger charge is -2.30. The molecule has 0 saturated carbocycles. The molecule has 0 aliphatic rings. The van der Waals surface area contributed by atoms with Gasteiger partial charge in [0.15, 0.2) is 0 Å². The molecule has 0 heterocycles. The minimum Gasteiger partial charge on any atom is -0.355 e. The van der Waals surface area contributed by atoms with Gasteiger partial charge in [-0.15, -0.1) is 0 Å². The van der Waals surface area contributed by atoms with Gasteiger partial charge in [0.2, 0.25) is 0 Å². The molecular formula is C17H29N3O. The van der Waals surface area contributed by atoms with Crippen molar-refractivity contribution < 1.29 is 4.79 Å². The summed E-state index contributed by atoms with van der Waals surface area (Å²) in [5.74, 6) is -0.0426. The fourth-order valence-electron chi connectivity index (χ4n) is 2.47. The van der Waals surface area contributed by atoms with E-state index in [0.717, 1.165) is 19.6 Å².